The molecule has 5 heteroatoms. The van der Waals surface area contributed by atoms with Crippen LogP contribution in [0.25, 0.3) is 0 Å². The molecule has 1 aliphatic rings. The van der Waals surface area contributed by atoms with Gasteiger partial charge in [-0.3, -0.25) is 4.79 Å². The van der Waals surface area contributed by atoms with Crippen LogP contribution in [0.1, 0.15) is 50.3 Å². The highest BCUT2D eigenvalue weighted by atomic mass is 32.1. The zero-order chi connectivity index (χ0) is 16.2. The third-order valence-corrected chi connectivity index (χ3v) is 5.40. The molecule has 4 nitrogen and oxygen atoms in total. The summed E-state index contributed by atoms with van der Waals surface area (Å²) in [6.07, 6.45) is 2.39. The Kier molecular flexibility index (Phi) is 5.08. The predicted molar refractivity (Wildman–Crippen MR) is 94.0 cm³/mol. The van der Waals surface area contributed by atoms with Gasteiger partial charge in [0, 0.05) is 17.0 Å². The van der Waals surface area contributed by atoms with E-state index in [4.69, 9.17) is 0 Å². The SMILES string of the molecule is Cc1nc(C)c(CNC(=O)c2cccc(C3CCCNC3)c2)s1. The molecule has 122 valence electrons. The summed E-state index contributed by atoms with van der Waals surface area (Å²) in [6.45, 7) is 6.63. The maximum absolute atomic E-state index is 12.4. The Morgan fingerprint density at radius 3 is 3.00 bits per heavy atom. The van der Waals surface area contributed by atoms with E-state index < -0.39 is 0 Å². The molecular formula is C18H23N3OS. The number of aromatic nitrogens is 1. The van der Waals surface area contributed by atoms with Gasteiger partial charge in [-0.2, -0.15) is 0 Å². The van der Waals surface area contributed by atoms with Crippen molar-refractivity contribution < 1.29 is 4.79 Å². The average Bonchev–Trinajstić information content (AvgIpc) is 2.91. The Bertz CT molecular complexity index is 689. The molecule has 2 N–H and O–H groups in total. The number of hydrogen-bond donors (Lipinski definition) is 2. The van der Waals surface area contributed by atoms with Gasteiger partial charge in [-0.25, -0.2) is 4.98 Å². The highest BCUT2D eigenvalue weighted by Gasteiger charge is 2.16. The Labute approximate surface area is 141 Å². The molecule has 0 radical (unpaired) electrons. The third-order valence-electron chi connectivity index (χ3n) is 4.33. The minimum atomic E-state index is -0.0129. The van der Waals surface area contributed by atoms with E-state index in [-0.39, 0.29) is 5.91 Å². The van der Waals surface area contributed by atoms with E-state index in [2.05, 4.69) is 21.7 Å². The molecule has 23 heavy (non-hydrogen) atoms. The summed E-state index contributed by atoms with van der Waals surface area (Å²) in [4.78, 5) is 18.0. The number of nitrogens with one attached hydrogen (secondary N) is 2. The summed E-state index contributed by atoms with van der Waals surface area (Å²) in [6, 6.07) is 8.05. The molecule has 1 atom stereocenters. The van der Waals surface area contributed by atoms with Crippen molar-refractivity contribution in [1.82, 2.24) is 15.6 Å². The fourth-order valence-electron chi connectivity index (χ4n) is 3.07. The molecule has 1 aliphatic heterocycles. The molecule has 1 aromatic heterocycles. The first kappa shape index (κ1) is 16.1. The number of benzene rings is 1. The van der Waals surface area contributed by atoms with Crippen LogP contribution in [0.3, 0.4) is 0 Å². The molecule has 1 aromatic carbocycles. The van der Waals surface area contributed by atoms with Crippen molar-refractivity contribution in [3.63, 3.8) is 0 Å². The standard InChI is InChI=1S/C18H23N3OS/c1-12-17(23-13(2)21-12)11-20-18(22)15-6-3-5-14(9-15)16-7-4-8-19-10-16/h3,5-6,9,16,19H,4,7-8,10-11H2,1-2H3,(H,20,22). The molecule has 1 saturated heterocycles. The molecule has 2 heterocycles. The van der Waals surface area contributed by atoms with E-state index in [1.54, 1.807) is 11.3 Å². The number of carbonyl (C=O) groups is 1. The topological polar surface area (TPSA) is 54.0 Å². The quantitative estimate of drug-likeness (QED) is 0.906. The Morgan fingerprint density at radius 2 is 2.30 bits per heavy atom. The molecule has 0 aliphatic carbocycles. The summed E-state index contributed by atoms with van der Waals surface area (Å²) in [7, 11) is 0. The van der Waals surface area contributed by atoms with E-state index in [1.807, 2.05) is 32.0 Å². The van der Waals surface area contributed by atoms with E-state index >= 15 is 0 Å². The fourth-order valence-corrected chi connectivity index (χ4v) is 3.95. The summed E-state index contributed by atoms with van der Waals surface area (Å²) in [5, 5.41) is 7.49. The summed E-state index contributed by atoms with van der Waals surface area (Å²) in [5.41, 5.74) is 3.01. The van der Waals surface area contributed by atoms with Crippen molar-refractivity contribution in [2.24, 2.45) is 0 Å². The van der Waals surface area contributed by atoms with E-state index in [0.29, 0.717) is 12.5 Å². The van der Waals surface area contributed by atoms with Gasteiger partial charge in [0.05, 0.1) is 17.2 Å². The van der Waals surface area contributed by atoms with Crippen LogP contribution in [-0.4, -0.2) is 24.0 Å². The van der Waals surface area contributed by atoms with Gasteiger partial charge >= 0.3 is 0 Å². The lowest BCUT2D eigenvalue weighted by Crippen LogP contribution is -2.28. The number of carbonyl (C=O) groups excluding carboxylic acids is 1. The maximum Gasteiger partial charge on any atom is 0.251 e. The second-order valence-electron chi connectivity index (χ2n) is 6.09. The molecule has 1 fully saturated rings. The minimum absolute atomic E-state index is 0.0129. The number of piperidine rings is 1. The van der Waals surface area contributed by atoms with Crippen molar-refractivity contribution in [2.45, 2.75) is 39.2 Å². The van der Waals surface area contributed by atoms with Gasteiger partial charge in [0.25, 0.3) is 5.91 Å². The minimum Gasteiger partial charge on any atom is -0.347 e. The highest BCUT2D eigenvalue weighted by Crippen LogP contribution is 2.24. The number of rotatable bonds is 4. The van der Waals surface area contributed by atoms with Crippen molar-refractivity contribution in [3.8, 4) is 0 Å². The van der Waals surface area contributed by atoms with E-state index in [0.717, 1.165) is 34.2 Å². The van der Waals surface area contributed by atoms with Gasteiger partial charge < -0.3 is 10.6 Å². The first-order valence-electron chi connectivity index (χ1n) is 8.15. The predicted octanol–water partition coefficient (Wildman–Crippen LogP) is 3.16. The lowest BCUT2D eigenvalue weighted by molar-refractivity contribution is 0.0951. The summed E-state index contributed by atoms with van der Waals surface area (Å²) >= 11 is 1.64. The van der Waals surface area contributed by atoms with E-state index in [9.17, 15) is 4.79 Å². The van der Waals surface area contributed by atoms with Gasteiger partial charge in [-0.15, -0.1) is 11.3 Å². The molecular weight excluding hydrogens is 306 g/mol. The van der Waals surface area contributed by atoms with Crippen LogP contribution in [0.2, 0.25) is 0 Å². The first-order chi connectivity index (χ1) is 11.1. The monoisotopic (exact) mass is 329 g/mol. The lowest BCUT2D eigenvalue weighted by atomic mass is 9.90. The molecule has 0 saturated carbocycles. The van der Waals surface area contributed by atoms with Crippen LogP contribution in [-0.2, 0) is 6.54 Å². The zero-order valence-corrected chi connectivity index (χ0v) is 14.5. The van der Waals surface area contributed by atoms with Crippen molar-refractivity contribution >= 4 is 17.2 Å². The highest BCUT2D eigenvalue weighted by molar-refractivity contribution is 7.11. The second-order valence-corrected chi connectivity index (χ2v) is 7.38. The normalized spacial score (nSPS) is 17.9. The number of amides is 1. The third kappa shape index (κ3) is 3.98. The Morgan fingerprint density at radius 1 is 1.43 bits per heavy atom. The van der Waals surface area contributed by atoms with Crippen molar-refractivity contribution in [1.29, 1.82) is 0 Å². The van der Waals surface area contributed by atoms with Gasteiger partial charge in [0.15, 0.2) is 0 Å². The molecule has 1 unspecified atom stereocenters. The van der Waals surface area contributed by atoms with Crippen molar-refractivity contribution in [2.75, 3.05) is 13.1 Å². The first-order valence-corrected chi connectivity index (χ1v) is 8.97. The number of thiazole rings is 1. The van der Waals surface area contributed by atoms with Crippen LogP contribution in [0.15, 0.2) is 24.3 Å². The zero-order valence-electron chi connectivity index (χ0n) is 13.7. The summed E-state index contributed by atoms with van der Waals surface area (Å²) < 4.78 is 0. The molecule has 0 bridgehead atoms. The van der Waals surface area contributed by atoms with Crippen LogP contribution >= 0.6 is 11.3 Å². The van der Waals surface area contributed by atoms with Crippen LogP contribution < -0.4 is 10.6 Å². The Balaban J connectivity index is 1.66. The maximum atomic E-state index is 12.4. The Hall–Kier alpha value is -1.72. The van der Waals surface area contributed by atoms with Gasteiger partial charge in [-0.1, -0.05) is 12.1 Å². The molecule has 0 spiro atoms. The van der Waals surface area contributed by atoms with Gasteiger partial charge in [0.1, 0.15) is 0 Å². The van der Waals surface area contributed by atoms with Gasteiger partial charge in [0.2, 0.25) is 0 Å². The van der Waals surface area contributed by atoms with Crippen LogP contribution in [0, 0.1) is 13.8 Å². The largest absolute Gasteiger partial charge is 0.347 e. The average molecular weight is 329 g/mol. The van der Waals surface area contributed by atoms with Crippen LogP contribution in [0.5, 0.6) is 0 Å². The van der Waals surface area contributed by atoms with Crippen LogP contribution in [0.4, 0.5) is 0 Å². The number of nitrogens with zero attached hydrogens (tertiary/aromatic N) is 1. The second kappa shape index (κ2) is 7.23. The molecule has 2 aromatic rings. The van der Waals surface area contributed by atoms with Crippen molar-refractivity contribution in [3.05, 3.63) is 51.0 Å². The van der Waals surface area contributed by atoms with E-state index in [1.165, 1.54) is 18.4 Å². The summed E-state index contributed by atoms with van der Waals surface area (Å²) in [5.74, 6) is 0.504. The van der Waals surface area contributed by atoms with Gasteiger partial charge in [-0.05, 0) is 56.8 Å². The lowest BCUT2D eigenvalue weighted by Gasteiger charge is -2.23. The molecule has 1 amide bonds. The smallest absolute Gasteiger partial charge is 0.251 e. The fraction of sp³-hybridized carbons (Fsp3) is 0.444. The number of aryl methyl sites for hydroxylation is 2. The number of hydrogen-bond acceptors (Lipinski definition) is 4. The molecule has 3 rings (SSSR count).